The van der Waals surface area contributed by atoms with E-state index in [1.807, 2.05) is 0 Å². The Balaban J connectivity index is 2.75. The molecule has 0 bridgehead atoms. The topological polar surface area (TPSA) is 44.5 Å². The first-order valence-corrected chi connectivity index (χ1v) is 5.69. The summed E-state index contributed by atoms with van der Waals surface area (Å²) >= 11 is 0. The minimum absolute atomic E-state index is 0.00721. The molecule has 0 saturated carbocycles. The lowest BCUT2D eigenvalue weighted by Crippen LogP contribution is -2.30. The molecule has 2 N–H and O–H groups in total. The lowest BCUT2D eigenvalue weighted by molar-refractivity contribution is -0.140. The number of ether oxygens (including phenoxy) is 2. The minimum Gasteiger partial charge on any atom is -0.491 e. The molecule has 0 spiro atoms. The van der Waals surface area contributed by atoms with E-state index in [4.69, 9.17) is 15.2 Å². The second kappa shape index (κ2) is 6.72. The zero-order chi connectivity index (χ0) is 14.5. The lowest BCUT2D eigenvalue weighted by Gasteiger charge is -2.16. The van der Waals surface area contributed by atoms with Gasteiger partial charge in [0.1, 0.15) is 24.3 Å². The summed E-state index contributed by atoms with van der Waals surface area (Å²) in [4.78, 5) is 0. The van der Waals surface area contributed by atoms with Crippen LogP contribution in [0, 0.1) is 5.82 Å². The van der Waals surface area contributed by atoms with E-state index in [2.05, 4.69) is 0 Å². The van der Waals surface area contributed by atoms with Gasteiger partial charge in [-0.2, -0.15) is 13.2 Å². The van der Waals surface area contributed by atoms with E-state index in [0.717, 1.165) is 12.1 Å². The standard InChI is InChI=1S/C12H15F4NO2/c1-2-18-9(6-17)7-19-8-3-4-11(13)10(5-8)12(14,15)16/h3-5,9H,2,6-7,17H2,1H3. The first-order chi connectivity index (χ1) is 8.88. The number of hydrogen-bond donors (Lipinski definition) is 1. The van der Waals surface area contributed by atoms with Gasteiger partial charge < -0.3 is 15.2 Å². The molecular formula is C12H15F4NO2. The maximum atomic E-state index is 13.0. The molecule has 0 radical (unpaired) electrons. The van der Waals surface area contributed by atoms with Crippen LogP contribution in [0.15, 0.2) is 18.2 Å². The summed E-state index contributed by atoms with van der Waals surface area (Å²) in [7, 11) is 0. The average molecular weight is 281 g/mol. The molecular weight excluding hydrogens is 266 g/mol. The lowest BCUT2D eigenvalue weighted by atomic mass is 10.2. The number of halogens is 4. The highest BCUT2D eigenvalue weighted by atomic mass is 19.4. The molecule has 1 aromatic carbocycles. The van der Waals surface area contributed by atoms with E-state index in [1.54, 1.807) is 6.92 Å². The van der Waals surface area contributed by atoms with Crippen LogP contribution >= 0.6 is 0 Å². The highest BCUT2D eigenvalue weighted by molar-refractivity contribution is 5.31. The second-order valence-electron chi connectivity index (χ2n) is 3.76. The average Bonchev–Trinajstić information content (AvgIpc) is 2.34. The summed E-state index contributed by atoms with van der Waals surface area (Å²) in [5.74, 6) is -1.41. The summed E-state index contributed by atoms with van der Waals surface area (Å²) in [6.45, 7) is 2.37. The molecule has 1 aromatic rings. The van der Waals surface area contributed by atoms with Crippen molar-refractivity contribution in [3.05, 3.63) is 29.6 Å². The van der Waals surface area contributed by atoms with Crippen LogP contribution in [0.2, 0.25) is 0 Å². The van der Waals surface area contributed by atoms with Gasteiger partial charge in [-0.15, -0.1) is 0 Å². The number of nitrogens with two attached hydrogens (primary N) is 1. The van der Waals surface area contributed by atoms with Crippen LogP contribution in [0.3, 0.4) is 0 Å². The first kappa shape index (κ1) is 15.7. The van der Waals surface area contributed by atoms with Crippen LogP contribution in [-0.4, -0.2) is 25.9 Å². The molecule has 108 valence electrons. The Hall–Kier alpha value is -1.34. The van der Waals surface area contributed by atoms with Crippen molar-refractivity contribution >= 4 is 0 Å². The van der Waals surface area contributed by atoms with E-state index < -0.39 is 23.7 Å². The molecule has 0 aliphatic heterocycles. The Kier molecular flexibility index (Phi) is 5.56. The van der Waals surface area contributed by atoms with Gasteiger partial charge in [0.15, 0.2) is 0 Å². The molecule has 0 heterocycles. The minimum atomic E-state index is -4.75. The molecule has 0 aliphatic rings. The molecule has 3 nitrogen and oxygen atoms in total. The molecule has 1 unspecified atom stereocenters. The highest BCUT2D eigenvalue weighted by Gasteiger charge is 2.34. The summed E-state index contributed by atoms with van der Waals surface area (Å²) in [5, 5.41) is 0. The van der Waals surface area contributed by atoms with Crippen molar-refractivity contribution < 1.29 is 27.0 Å². The van der Waals surface area contributed by atoms with Crippen molar-refractivity contribution in [3.63, 3.8) is 0 Å². The second-order valence-corrected chi connectivity index (χ2v) is 3.76. The van der Waals surface area contributed by atoms with E-state index in [9.17, 15) is 17.6 Å². The fourth-order valence-corrected chi connectivity index (χ4v) is 1.42. The molecule has 0 fully saturated rings. The third kappa shape index (κ3) is 4.68. The van der Waals surface area contributed by atoms with Crippen LogP contribution in [0.4, 0.5) is 17.6 Å². The third-order valence-corrected chi connectivity index (χ3v) is 2.34. The molecule has 1 rings (SSSR count). The van der Waals surface area contributed by atoms with Gasteiger partial charge in [-0.05, 0) is 25.1 Å². The van der Waals surface area contributed by atoms with E-state index >= 15 is 0 Å². The summed E-state index contributed by atoms with van der Waals surface area (Å²) in [5.41, 5.74) is 4.05. The van der Waals surface area contributed by atoms with E-state index in [1.165, 1.54) is 0 Å². The van der Waals surface area contributed by atoms with Gasteiger partial charge in [0.2, 0.25) is 0 Å². The van der Waals surface area contributed by atoms with Gasteiger partial charge >= 0.3 is 6.18 Å². The monoisotopic (exact) mass is 281 g/mol. The molecule has 7 heteroatoms. The summed E-state index contributed by atoms with van der Waals surface area (Å²) in [6.07, 6.45) is -5.17. The van der Waals surface area contributed by atoms with Crippen molar-refractivity contribution in [1.29, 1.82) is 0 Å². The summed E-state index contributed by atoms with van der Waals surface area (Å²) in [6, 6.07) is 2.47. The third-order valence-electron chi connectivity index (χ3n) is 2.34. The Labute approximate surface area is 108 Å². The summed E-state index contributed by atoms with van der Waals surface area (Å²) < 4.78 is 60.8. The maximum absolute atomic E-state index is 13.0. The number of rotatable bonds is 6. The number of hydrogen-bond acceptors (Lipinski definition) is 3. The smallest absolute Gasteiger partial charge is 0.419 e. The van der Waals surface area contributed by atoms with Gasteiger partial charge in [0.05, 0.1) is 5.56 Å². The van der Waals surface area contributed by atoms with Crippen LogP contribution in [0.25, 0.3) is 0 Å². The van der Waals surface area contributed by atoms with Gasteiger partial charge in [-0.3, -0.25) is 0 Å². The largest absolute Gasteiger partial charge is 0.491 e. The molecule has 0 saturated heterocycles. The molecule has 0 aromatic heterocycles. The van der Waals surface area contributed by atoms with Crippen molar-refractivity contribution in [2.75, 3.05) is 19.8 Å². The fourth-order valence-electron chi connectivity index (χ4n) is 1.42. The Morgan fingerprint density at radius 1 is 1.32 bits per heavy atom. The number of alkyl halides is 3. The SMILES string of the molecule is CCOC(CN)COc1ccc(F)c(C(F)(F)F)c1. The molecule has 0 aliphatic carbocycles. The Morgan fingerprint density at radius 3 is 2.53 bits per heavy atom. The highest BCUT2D eigenvalue weighted by Crippen LogP contribution is 2.33. The van der Waals surface area contributed by atoms with Crippen molar-refractivity contribution in [2.45, 2.75) is 19.2 Å². The van der Waals surface area contributed by atoms with Crippen LogP contribution in [0.5, 0.6) is 5.75 Å². The van der Waals surface area contributed by atoms with Crippen LogP contribution in [0.1, 0.15) is 12.5 Å². The fraction of sp³-hybridized carbons (Fsp3) is 0.500. The van der Waals surface area contributed by atoms with Crippen molar-refractivity contribution in [2.24, 2.45) is 5.73 Å². The van der Waals surface area contributed by atoms with Crippen molar-refractivity contribution in [1.82, 2.24) is 0 Å². The quantitative estimate of drug-likeness (QED) is 0.815. The Bertz CT molecular complexity index is 409. The molecule has 0 amide bonds. The van der Waals surface area contributed by atoms with Gasteiger partial charge in [-0.25, -0.2) is 4.39 Å². The zero-order valence-corrected chi connectivity index (χ0v) is 10.3. The van der Waals surface area contributed by atoms with Crippen LogP contribution in [-0.2, 0) is 10.9 Å². The van der Waals surface area contributed by atoms with E-state index in [-0.39, 0.29) is 18.9 Å². The predicted molar refractivity (Wildman–Crippen MR) is 61.4 cm³/mol. The molecule has 1 atom stereocenters. The van der Waals surface area contributed by atoms with Gasteiger partial charge in [-0.1, -0.05) is 0 Å². The van der Waals surface area contributed by atoms with E-state index in [0.29, 0.717) is 12.7 Å². The van der Waals surface area contributed by atoms with Gasteiger partial charge in [0, 0.05) is 13.2 Å². The molecule has 19 heavy (non-hydrogen) atoms. The normalized spacial score (nSPS) is 13.4. The van der Waals surface area contributed by atoms with Gasteiger partial charge in [0.25, 0.3) is 0 Å². The number of benzene rings is 1. The van der Waals surface area contributed by atoms with Crippen LogP contribution < -0.4 is 10.5 Å². The maximum Gasteiger partial charge on any atom is 0.419 e. The predicted octanol–water partition coefficient (Wildman–Crippen LogP) is 2.59. The zero-order valence-electron chi connectivity index (χ0n) is 10.3. The van der Waals surface area contributed by atoms with Crippen molar-refractivity contribution in [3.8, 4) is 5.75 Å². The Morgan fingerprint density at radius 2 is 2.00 bits per heavy atom. The first-order valence-electron chi connectivity index (χ1n) is 5.69.